The highest BCUT2D eigenvalue weighted by molar-refractivity contribution is 5.92. The average Bonchev–Trinajstić information content (AvgIpc) is 2.64. The van der Waals surface area contributed by atoms with Gasteiger partial charge in [0.2, 0.25) is 0 Å². The van der Waals surface area contributed by atoms with Crippen molar-refractivity contribution in [2.75, 3.05) is 12.8 Å². The van der Waals surface area contributed by atoms with Gasteiger partial charge in [-0.15, -0.1) is 0 Å². The van der Waals surface area contributed by atoms with E-state index in [-0.39, 0.29) is 11.5 Å². The van der Waals surface area contributed by atoms with Crippen molar-refractivity contribution in [3.05, 3.63) is 35.5 Å². The Kier molecular flexibility index (Phi) is 3.01. The number of ether oxygens (including phenoxy) is 1. The second-order valence-corrected chi connectivity index (χ2v) is 3.88. The quantitative estimate of drug-likeness (QED) is 0.806. The number of methoxy groups -OCH3 is 1. The van der Waals surface area contributed by atoms with Gasteiger partial charge in [0, 0.05) is 11.9 Å². The Bertz CT molecular complexity index is 604. The highest BCUT2D eigenvalue weighted by Gasteiger charge is 2.19. The number of pyridine rings is 1. The molecule has 0 unspecified atom stereocenters. The van der Waals surface area contributed by atoms with Crippen LogP contribution in [0.25, 0.3) is 5.69 Å². The summed E-state index contributed by atoms with van der Waals surface area (Å²) >= 11 is 0. The fraction of sp³-hybridized carbons (Fsp3) is 0.250. The zero-order valence-corrected chi connectivity index (χ0v) is 10.5. The van der Waals surface area contributed by atoms with Gasteiger partial charge in [0.1, 0.15) is 11.6 Å². The van der Waals surface area contributed by atoms with Crippen LogP contribution < -0.4 is 5.73 Å². The minimum absolute atomic E-state index is 0.129. The Hall–Kier alpha value is -2.37. The summed E-state index contributed by atoms with van der Waals surface area (Å²) in [5.74, 6) is 0.351. The normalized spacial score (nSPS) is 10.4. The van der Waals surface area contributed by atoms with E-state index in [1.54, 1.807) is 23.8 Å². The monoisotopic (exact) mass is 246 g/mol. The maximum absolute atomic E-state index is 11.5. The molecule has 2 heterocycles. The van der Waals surface area contributed by atoms with Crippen LogP contribution in [0.1, 0.15) is 22.0 Å². The summed E-state index contributed by atoms with van der Waals surface area (Å²) in [6, 6.07) is 3.67. The van der Waals surface area contributed by atoms with Gasteiger partial charge in [-0.05, 0) is 26.0 Å². The van der Waals surface area contributed by atoms with E-state index in [1.165, 1.54) is 7.11 Å². The van der Waals surface area contributed by atoms with Crippen molar-refractivity contribution < 1.29 is 9.53 Å². The molecule has 0 bridgehead atoms. The molecule has 0 amide bonds. The number of anilines is 1. The minimum Gasteiger partial charge on any atom is -0.464 e. The van der Waals surface area contributed by atoms with Crippen LogP contribution in [0.3, 0.4) is 0 Å². The van der Waals surface area contributed by atoms with Crippen LogP contribution in [0, 0.1) is 13.8 Å². The SMILES string of the molecule is COC(=O)c1nc(C)n(-c2ccnc(C)c2)c1N. The Morgan fingerprint density at radius 1 is 1.44 bits per heavy atom. The van der Waals surface area contributed by atoms with Crippen LogP contribution in [0.2, 0.25) is 0 Å². The first-order chi connectivity index (χ1) is 8.54. The number of hydrogen-bond acceptors (Lipinski definition) is 5. The third kappa shape index (κ3) is 1.92. The van der Waals surface area contributed by atoms with Gasteiger partial charge in [0.05, 0.1) is 12.8 Å². The van der Waals surface area contributed by atoms with Crippen LogP contribution in [-0.4, -0.2) is 27.6 Å². The first kappa shape index (κ1) is 12.1. The van der Waals surface area contributed by atoms with Gasteiger partial charge in [-0.2, -0.15) is 0 Å². The first-order valence-electron chi connectivity index (χ1n) is 5.40. The zero-order chi connectivity index (χ0) is 13.3. The summed E-state index contributed by atoms with van der Waals surface area (Å²) < 4.78 is 6.33. The van der Waals surface area contributed by atoms with E-state index in [0.29, 0.717) is 5.82 Å². The summed E-state index contributed by atoms with van der Waals surface area (Å²) in [5, 5.41) is 0. The highest BCUT2D eigenvalue weighted by atomic mass is 16.5. The Morgan fingerprint density at radius 3 is 2.78 bits per heavy atom. The van der Waals surface area contributed by atoms with Crippen molar-refractivity contribution in [1.29, 1.82) is 0 Å². The molecule has 0 radical (unpaired) electrons. The fourth-order valence-electron chi connectivity index (χ4n) is 1.79. The smallest absolute Gasteiger partial charge is 0.360 e. The largest absolute Gasteiger partial charge is 0.464 e. The molecule has 6 heteroatoms. The summed E-state index contributed by atoms with van der Waals surface area (Å²) in [4.78, 5) is 19.8. The standard InChI is InChI=1S/C12H14N4O2/c1-7-6-9(4-5-14-7)16-8(2)15-10(11(16)13)12(17)18-3/h4-6H,13H2,1-3H3. The lowest BCUT2D eigenvalue weighted by Crippen LogP contribution is -2.08. The maximum Gasteiger partial charge on any atom is 0.360 e. The molecule has 2 aromatic rings. The Balaban J connectivity index is 2.59. The van der Waals surface area contributed by atoms with E-state index in [1.807, 2.05) is 13.0 Å². The van der Waals surface area contributed by atoms with Gasteiger partial charge in [0.25, 0.3) is 0 Å². The summed E-state index contributed by atoms with van der Waals surface area (Å²) in [7, 11) is 1.30. The second kappa shape index (κ2) is 4.48. The van der Waals surface area contributed by atoms with Gasteiger partial charge in [-0.25, -0.2) is 9.78 Å². The fourth-order valence-corrected chi connectivity index (χ4v) is 1.79. The number of aromatic nitrogens is 3. The lowest BCUT2D eigenvalue weighted by atomic mass is 10.3. The maximum atomic E-state index is 11.5. The summed E-state index contributed by atoms with van der Waals surface area (Å²) in [6.07, 6.45) is 1.68. The lowest BCUT2D eigenvalue weighted by molar-refractivity contribution is 0.0596. The molecule has 0 fully saturated rings. The summed E-state index contributed by atoms with van der Waals surface area (Å²) in [5.41, 5.74) is 7.75. The molecule has 2 rings (SSSR count). The lowest BCUT2D eigenvalue weighted by Gasteiger charge is -2.07. The molecule has 2 N–H and O–H groups in total. The van der Waals surface area contributed by atoms with E-state index in [2.05, 4.69) is 14.7 Å². The van der Waals surface area contributed by atoms with E-state index >= 15 is 0 Å². The molecular formula is C12H14N4O2. The van der Waals surface area contributed by atoms with E-state index in [0.717, 1.165) is 11.4 Å². The Morgan fingerprint density at radius 2 is 2.17 bits per heavy atom. The number of imidazole rings is 1. The number of aryl methyl sites for hydroxylation is 2. The predicted molar refractivity (Wildman–Crippen MR) is 66.6 cm³/mol. The number of nitrogens with two attached hydrogens (primary N) is 1. The molecule has 2 aromatic heterocycles. The van der Waals surface area contributed by atoms with Gasteiger partial charge in [0.15, 0.2) is 5.69 Å². The molecule has 0 saturated heterocycles. The van der Waals surface area contributed by atoms with Crippen molar-refractivity contribution in [3.8, 4) is 5.69 Å². The molecule has 0 saturated carbocycles. The average molecular weight is 246 g/mol. The van der Waals surface area contributed by atoms with E-state index < -0.39 is 5.97 Å². The van der Waals surface area contributed by atoms with E-state index in [9.17, 15) is 4.79 Å². The zero-order valence-electron chi connectivity index (χ0n) is 10.5. The molecule has 18 heavy (non-hydrogen) atoms. The predicted octanol–water partition coefficient (Wildman–Crippen LogP) is 1.25. The van der Waals surface area contributed by atoms with Crippen LogP contribution >= 0.6 is 0 Å². The number of hydrogen-bond donors (Lipinski definition) is 1. The second-order valence-electron chi connectivity index (χ2n) is 3.88. The number of carbonyl (C=O) groups excluding carboxylic acids is 1. The highest BCUT2D eigenvalue weighted by Crippen LogP contribution is 2.21. The van der Waals surface area contributed by atoms with Crippen LogP contribution in [-0.2, 0) is 4.74 Å². The molecule has 0 aliphatic carbocycles. The third-order valence-electron chi connectivity index (χ3n) is 2.60. The number of nitrogens with zero attached hydrogens (tertiary/aromatic N) is 3. The molecule has 0 aromatic carbocycles. The molecule has 0 aliphatic rings. The first-order valence-corrected chi connectivity index (χ1v) is 5.40. The minimum atomic E-state index is -0.542. The number of carbonyl (C=O) groups is 1. The topological polar surface area (TPSA) is 83.0 Å². The van der Waals surface area contributed by atoms with Gasteiger partial charge >= 0.3 is 5.97 Å². The van der Waals surface area contributed by atoms with Gasteiger partial charge in [-0.3, -0.25) is 9.55 Å². The van der Waals surface area contributed by atoms with Crippen LogP contribution in [0.4, 0.5) is 5.82 Å². The van der Waals surface area contributed by atoms with Crippen LogP contribution in [0.15, 0.2) is 18.3 Å². The van der Waals surface area contributed by atoms with Crippen molar-refractivity contribution in [2.24, 2.45) is 0 Å². The number of nitrogen functional groups attached to an aromatic ring is 1. The van der Waals surface area contributed by atoms with Gasteiger partial charge in [-0.1, -0.05) is 0 Å². The molecule has 0 aliphatic heterocycles. The molecule has 6 nitrogen and oxygen atoms in total. The molecular weight excluding hydrogens is 232 g/mol. The number of rotatable bonds is 2. The van der Waals surface area contributed by atoms with Crippen molar-refractivity contribution >= 4 is 11.8 Å². The molecule has 0 spiro atoms. The summed E-state index contributed by atoms with van der Waals surface area (Å²) in [6.45, 7) is 3.66. The Labute approximate surface area is 104 Å². The molecule has 0 atom stereocenters. The van der Waals surface area contributed by atoms with Crippen LogP contribution in [0.5, 0.6) is 0 Å². The third-order valence-corrected chi connectivity index (χ3v) is 2.60. The number of esters is 1. The van der Waals surface area contributed by atoms with Crippen molar-refractivity contribution in [2.45, 2.75) is 13.8 Å². The van der Waals surface area contributed by atoms with Crippen molar-refractivity contribution in [1.82, 2.24) is 14.5 Å². The van der Waals surface area contributed by atoms with E-state index in [4.69, 9.17) is 5.73 Å². The molecule has 94 valence electrons. The van der Waals surface area contributed by atoms with Crippen molar-refractivity contribution in [3.63, 3.8) is 0 Å². The van der Waals surface area contributed by atoms with Gasteiger partial charge < -0.3 is 10.5 Å².